The highest BCUT2D eigenvalue weighted by molar-refractivity contribution is 6.31. The summed E-state index contributed by atoms with van der Waals surface area (Å²) in [6, 6.07) is 9.73. The minimum atomic E-state index is -0.493. The van der Waals surface area contributed by atoms with Crippen LogP contribution in [-0.2, 0) is 4.74 Å². The van der Waals surface area contributed by atoms with Crippen LogP contribution >= 0.6 is 11.6 Å². The number of aromatic nitrogens is 3. The van der Waals surface area contributed by atoms with Crippen molar-refractivity contribution in [3.05, 3.63) is 53.4 Å². The average molecular weight is 413 g/mol. The highest BCUT2D eigenvalue weighted by Gasteiger charge is 2.29. The third-order valence-corrected chi connectivity index (χ3v) is 5.26. The van der Waals surface area contributed by atoms with E-state index in [2.05, 4.69) is 5.10 Å². The Labute approximate surface area is 175 Å². The summed E-state index contributed by atoms with van der Waals surface area (Å²) in [5.74, 6) is 0.182. The van der Waals surface area contributed by atoms with E-state index in [1.807, 2.05) is 63.5 Å². The standard InChI is InChI=1S/C22H25ClN4O2/c1-22(2,3)29-21(28)26-10-5-6-15(14-26)18-7-4-8-19(25-18)17-13-24-27-11-9-16(23)12-20(17)27/h4,7-9,11-13,15H,5-6,10,14H2,1-3H3. The quantitative estimate of drug-likeness (QED) is 0.583. The molecule has 0 radical (unpaired) electrons. The maximum Gasteiger partial charge on any atom is 0.410 e. The number of carbonyl (C=O) groups excluding carboxylic acids is 1. The number of ether oxygens (including phenoxy) is 1. The van der Waals surface area contributed by atoms with Gasteiger partial charge in [0.1, 0.15) is 5.60 Å². The molecule has 4 rings (SSSR count). The Morgan fingerprint density at radius 1 is 1.28 bits per heavy atom. The van der Waals surface area contributed by atoms with Gasteiger partial charge in [0, 0.05) is 41.5 Å². The van der Waals surface area contributed by atoms with Gasteiger partial charge in [-0.3, -0.25) is 4.98 Å². The molecule has 0 saturated carbocycles. The van der Waals surface area contributed by atoms with Gasteiger partial charge in [0.05, 0.1) is 17.4 Å². The highest BCUT2D eigenvalue weighted by atomic mass is 35.5. The van der Waals surface area contributed by atoms with Crippen molar-refractivity contribution in [3.63, 3.8) is 0 Å². The van der Waals surface area contributed by atoms with E-state index in [-0.39, 0.29) is 12.0 Å². The normalized spacial score (nSPS) is 17.5. The lowest BCUT2D eigenvalue weighted by Crippen LogP contribution is -2.42. The number of carbonyl (C=O) groups is 1. The van der Waals surface area contributed by atoms with E-state index in [1.54, 1.807) is 9.42 Å². The van der Waals surface area contributed by atoms with Crippen LogP contribution in [0.25, 0.3) is 16.8 Å². The molecule has 4 heterocycles. The van der Waals surface area contributed by atoms with Crippen LogP contribution in [0.15, 0.2) is 42.7 Å². The van der Waals surface area contributed by atoms with Gasteiger partial charge < -0.3 is 9.64 Å². The van der Waals surface area contributed by atoms with E-state index in [0.29, 0.717) is 11.6 Å². The van der Waals surface area contributed by atoms with Gasteiger partial charge in [-0.2, -0.15) is 5.10 Å². The molecule has 0 bridgehead atoms. The third-order valence-electron chi connectivity index (χ3n) is 5.02. The second kappa shape index (κ2) is 7.67. The van der Waals surface area contributed by atoms with Crippen LogP contribution in [0.4, 0.5) is 4.79 Å². The average Bonchev–Trinajstić information content (AvgIpc) is 3.10. The van der Waals surface area contributed by atoms with E-state index in [9.17, 15) is 4.79 Å². The fraction of sp³-hybridized carbons (Fsp3) is 0.409. The van der Waals surface area contributed by atoms with Crippen molar-refractivity contribution in [2.24, 2.45) is 0 Å². The number of rotatable bonds is 2. The van der Waals surface area contributed by atoms with Gasteiger partial charge in [0.15, 0.2) is 0 Å². The van der Waals surface area contributed by atoms with Gasteiger partial charge >= 0.3 is 6.09 Å². The van der Waals surface area contributed by atoms with Gasteiger partial charge in [0.25, 0.3) is 0 Å². The molecule has 1 atom stereocenters. The Bertz CT molecular complexity index is 1040. The summed E-state index contributed by atoms with van der Waals surface area (Å²) in [4.78, 5) is 19.2. The molecule has 3 aromatic heterocycles. The van der Waals surface area contributed by atoms with Crippen LogP contribution in [0, 0.1) is 0 Å². The molecule has 1 aliphatic heterocycles. The van der Waals surface area contributed by atoms with Gasteiger partial charge in [0.2, 0.25) is 0 Å². The van der Waals surface area contributed by atoms with E-state index in [1.165, 1.54) is 0 Å². The Hall–Kier alpha value is -2.60. The SMILES string of the molecule is CC(C)(C)OC(=O)N1CCCC(c2cccc(-c3cnn4ccc(Cl)cc34)n2)C1. The van der Waals surface area contributed by atoms with Crippen molar-refractivity contribution in [3.8, 4) is 11.3 Å². The molecular formula is C22H25ClN4O2. The fourth-order valence-corrected chi connectivity index (χ4v) is 3.85. The number of piperidine rings is 1. The number of fused-ring (bicyclic) bond motifs is 1. The molecule has 152 valence electrons. The van der Waals surface area contributed by atoms with E-state index in [4.69, 9.17) is 21.3 Å². The highest BCUT2D eigenvalue weighted by Crippen LogP contribution is 2.30. The Morgan fingerprint density at radius 2 is 2.10 bits per heavy atom. The molecule has 0 spiro atoms. The van der Waals surface area contributed by atoms with Crippen molar-refractivity contribution < 1.29 is 9.53 Å². The van der Waals surface area contributed by atoms with Gasteiger partial charge in [-0.25, -0.2) is 9.31 Å². The van der Waals surface area contributed by atoms with Crippen molar-refractivity contribution >= 4 is 23.2 Å². The first-order valence-electron chi connectivity index (χ1n) is 9.88. The van der Waals surface area contributed by atoms with Crippen LogP contribution in [0.2, 0.25) is 5.02 Å². The molecule has 1 unspecified atom stereocenters. The van der Waals surface area contributed by atoms with E-state index < -0.39 is 5.60 Å². The molecular weight excluding hydrogens is 388 g/mol. The maximum absolute atomic E-state index is 12.5. The summed E-state index contributed by atoms with van der Waals surface area (Å²) < 4.78 is 7.34. The number of hydrogen-bond donors (Lipinski definition) is 0. The molecule has 29 heavy (non-hydrogen) atoms. The summed E-state index contributed by atoms with van der Waals surface area (Å²) in [6.45, 7) is 7.00. The molecule has 1 amide bonds. The smallest absolute Gasteiger partial charge is 0.410 e. The lowest BCUT2D eigenvalue weighted by molar-refractivity contribution is 0.0197. The zero-order valence-corrected chi connectivity index (χ0v) is 17.7. The molecule has 1 fully saturated rings. The van der Waals surface area contributed by atoms with Gasteiger partial charge in [-0.1, -0.05) is 17.7 Å². The van der Waals surface area contributed by atoms with Crippen molar-refractivity contribution in [1.82, 2.24) is 19.5 Å². The Balaban J connectivity index is 1.58. The molecule has 6 nitrogen and oxygen atoms in total. The second-order valence-electron chi connectivity index (χ2n) is 8.45. The molecule has 7 heteroatoms. The van der Waals surface area contributed by atoms with Crippen LogP contribution in [-0.4, -0.2) is 44.3 Å². The predicted molar refractivity (Wildman–Crippen MR) is 113 cm³/mol. The second-order valence-corrected chi connectivity index (χ2v) is 8.88. The first-order chi connectivity index (χ1) is 13.8. The Kier molecular flexibility index (Phi) is 5.21. The molecule has 3 aromatic rings. The van der Waals surface area contributed by atoms with Gasteiger partial charge in [-0.15, -0.1) is 0 Å². The summed E-state index contributed by atoms with van der Waals surface area (Å²) in [7, 11) is 0. The molecule has 0 aromatic carbocycles. The minimum absolute atomic E-state index is 0.182. The molecule has 1 saturated heterocycles. The van der Waals surface area contributed by atoms with Crippen LogP contribution in [0.3, 0.4) is 0 Å². The zero-order chi connectivity index (χ0) is 20.6. The first-order valence-corrected chi connectivity index (χ1v) is 10.3. The number of pyridine rings is 2. The monoisotopic (exact) mass is 412 g/mol. The predicted octanol–water partition coefficient (Wildman–Crippen LogP) is 5.16. The lowest BCUT2D eigenvalue weighted by Gasteiger charge is -2.34. The summed E-state index contributed by atoms with van der Waals surface area (Å²) in [5.41, 5.74) is 3.20. The topological polar surface area (TPSA) is 59.7 Å². The summed E-state index contributed by atoms with van der Waals surface area (Å²) in [5, 5.41) is 5.06. The Morgan fingerprint density at radius 3 is 2.90 bits per heavy atom. The molecule has 0 N–H and O–H groups in total. The number of likely N-dealkylation sites (tertiary alicyclic amines) is 1. The van der Waals surface area contributed by atoms with Crippen molar-refractivity contribution in [1.29, 1.82) is 0 Å². The van der Waals surface area contributed by atoms with E-state index >= 15 is 0 Å². The summed E-state index contributed by atoms with van der Waals surface area (Å²) in [6.07, 6.45) is 5.32. The van der Waals surface area contributed by atoms with Crippen LogP contribution in [0.5, 0.6) is 0 Å². The van der Waals surface area contributed by atoms with Crippen molar-refractivity contribution in [2.45, 2.75) is 45.1 Å². The maximum atomic E-state index is 12.5. The number of nitrogens with zero attached hydrogens (tertiary/aromatic N) is 4. The number of amides is 1. The van der Waals surface area contributed by atoms with E-state index in [0.717, 1.165) is 41.9 Å². The largest absolute Gasteiger partial charge is 0.444 e. The lowest BCUT2D eigenvalue weighted by atomic mass is 9.94. The number of hydrogen-bond acceptors (Lipinski definition) is 4. The molecule has 0 aliphatic carbocycles. The zero-order valence-electron chi connectivity index (χ0n) is 16.9. The van der Waals surface area contributed by atoms with Crippen molar-refractivity contribution in [2.75, 3.05) is 13.1 Å². The third kappa shape index (κ3) is 4.37. The molecule has 1 aliphatic rings. The van der Waals surface area contributed by atoms with Crippen LogP contribution in [0.1, 0.15) is 45.2 Å². The minimum Gasteiger partial charge on any atom is -0.444 e. The van der Waals surface area contributed by atoms with Crippen LogP contribution < -0.4 is 0 Å². The fourth-order valence-electron chi connectivity index (χ4n) is 3.69. The number of halogens is 1. The first kappa shape index (κ1) is 19.7. The summed E-state index contributed by atoms with van der Waals surface area (Å²) >= 11 is 6.17. The van der Waals surface area contributed by atoms with Gasteiger partial charge in [-0.05, 0) is 57.9 Å².